The summed E-state index contributed by atoms with van der Waals surface area (Å²) < 4.78 is 1.73. The third-order valence-electron chi connectivity index (χ3n) is 6.08. The number of nitrogens with zero attached hydrogens (tertiary/aromatic N) is 5. The quantitative estimate of drug-likeness (QED) is 0.706. The molecule has 1 fully saturated rings. The van der Waals surface area contributed by atoms with Crippen LogP contribution in [0.25, 0.3) is 0 Å². The van der Waals surface area contributed by atoms with Crippen LogP contribution in [0.5, 0.6) is 0 Å². The number of amides is 3. The van der Waals surface area contributed by atoms with Crippen LogP contribution in [0.1, 0.15) is 51.7 Å². The van der Waals surface area contributed by atoms with E-state index in [9.17, 15) is 14.4 Å². The van der Waals surface area contributed by atoms with Gasteiger partial charge in [-0.2, -0.15) is 5.10 Å². The molecule has 0 saturated carbocycles. The lowest BCUT2D eigenvalue weighted by atomic mass is 10.1. The van der Waals surface area contributed by atoms with Crippen molar-refractivity contribution in [2.24, 2.45) is 7.05 Å². The number of hydrogen-bond donors (Lipinski definition) is 0. The molecule has 0 bridgehead atoms. The van der Waals surface area contributed by atoms with Crippen molar-refractivity contribution in [3.05, 3.63) is 46.8 Å². The number of imide groups is 1. The third kappa shape index (κ3) is 3.36. The molecule has 2 aromatic rings. The minimum Gasteiger partial charge on any atom is -0.367 e. The van der Waals surface area contributed by atoms with Crippen LogP contribution in [0, 0.1) is 6.92 Å². The van der Waals surface area contributed by atoms with Crippen molar-refractivity contribution >= 4 is 23.4 Å². The van der Waals surface area contributed by atoms with Crippen molar-refractivity contribution in [1.29, 1.82) is 0 Å². The number of aryl methyl sites for hydroxylation is 1. The average Bonchev–Trinajstić information content (AvgIpc) is 3.20. The Labute approximate surface area is 176 Å². The first-order chi connectivity index (χ1) is 14.4. The lowest BCUT2D eigenvalue weighted by molar-refractivity contribution is -0.131. The maximum atomic E-state index is 13.2. The molecule has 1 aromatic heterocycles. The summed E-state index contributed by atoms with van der Waals surface area (Å²) in [6.07, 6.45) is 3.11. The summed E-state index contributed by atoms with van der Waals surface area (Å²) in [5.41, 5.74) is 3.48. The molecule has 2 aliphatic rings. The molecule has 30 heavy (non-hydrogen) atoms. The van der Waals surface area contributed by atoms with Crippen LogP contribution < -0.4 is 4.90 Å². The van der Waals surface area contributed by atoms with E-state index in [1.807, 2.05) is 37.9 Å². The van der Waals surface area contributed by atoms with Crippen LogP contribution in [-0.4, -0.2) is 63.5 Å². The number of aromatic nitrogens is 2. The van der Waals surface area contributed by atoms with Gasteiger partial charge in [0.15, 0.2) is 0 Å². The zero-order valence-corrected chi connectivity index (χ0v) is 17.7. The van der Waals surface area contributed by atoms with Crippen molar-refractivity contribution in [2.45, 2.75) is 33.2 Å². The van der Waals surface area contributed by atoms with Crippen LogP contribution in [-0.2, 0) is 18.4 Å². The van der Waals surface area contributed by atoms with Crippen LogP contribution in [0.4, 0.5) is 5.69 Å². The van der Waals surface area contributed by atoms with E-state index in [0.717, 1.165) is 23.4 Å². The van der Waals surface area contributed by atoms with Crippen LogP contribution in [0.2, 0.25) is 0 Å². The molecule has 4 rings (SSSR count). The predicted octanol–water partition coefficient (Wildman–Crippen LogP) is 1.97. The highest BCUT2D eigenvalue weighted by Gasteiger charge is 2.39. The summed E-state index contributed by atoms with van der Waals surface area (Å²) in [6, 6.07) is 5.44. The minimum absolute atomic E-state index is 0.180. The molecule has 2 aliphatic heterocycles. The third-order valence-corrected chi connectivity index (χ3v) is 6.08. The molecule has 1 aromatic carbocycles. The number of fused-ring (bicyclic) bond motifs is 1. The van der Waals surface area contributed by atoms with Crippen molar-refractivity contribution < 1.29 is 14.4 Å². The molecule has 0 aliphatic carbocycles. The Kier molecular flexibility index (Phi) is 5.32. The normalized spacial score (nSPS) is 16.4. The Morgan fingerprint density at radius 2 is 1.83 bits per heavy atom. The summed E-state index contributed by atoms with van der Waals surface area (Å²) in [7, 11) is 1.84. The van der Waals surface area contributed by atoms with Crippen molar-refractivity contribution in [2.75, 3.05) is 31.1 Å². The molecule has 3 amide bonds. The van der Waals surface area contributed by atoms with Gasteiger partial charge in [-0.15, -0.1) is 0 Å². The number of hydrogen-bond acceptors (Lipinski definition) is 5. The van der Waals surface area contributed by atoms with E-state index in [0.29, 0.717) is 43.7 Å². The molecule has 8 heteroatoms. The van der Waals surface area contributed by atoms with E-state index in [1.54, 1.807) is 16.9 Å². The summed E-state index contributed by atoms with van der Waals surface area (Å²) in [6.45, 7) is 6.69. The summed E-state index contributed by atoms with van der Waals surface area (Å²) >= 11 is 0. The standard InChI is InChI=1S/C22H27N5O3/c1-4-6-19(28)26-11-9-25(10-12-26)18-8-5-7-17-20(18)22(30)27(21(17)29)14-16-13-23-24(3)15(16)2/h5,7-8,13H,4,6,9-12,14H2,1-3H3. The van der Waals surface area contributed by atoms with Gasteiger partial charge in [0, 0.05) is 50.9 Å². The lowest BCUT2D eigenvalue weighted by Crippen LogP contribution is -2.49. The Bertz CT molecular complexity index is 1000. The Hall–Kier alpha value is -3.16. The number of rotatable bonds is 5. The van der Waals surface area contributed by atoms with E-state index in [-0.39, 0.29) is 24.3 Å². The minimum atomic E-state index is -0.267. The summed E-state index contributed by atoms with van der Waals surface area (Å²) in [4.78, 5) is 43.7. The molecule has 8 nitrogen and oxygen atoms in total. The van der Waals surface area contributed by atoms with Gasteiger partial charge in [0.2, 0.25) is 5.91 Å². The highest BCUT2D eigenvalue weighted by atomic mass is 16.2. The summed E-state index contributed by atoms with van der Waals surface area (Å²) in [5, 5.41) is 4.21. The second-order valence-electron chi connectivity index (χ2n) is 7.89. The highest BCUT2D eigenvalue weighted by molar-refractivity contribution is 6.23. The van der Waals surface area contributed by atoms with Gasteiger partial charge in [0.1, 0.15) is 0 Å². The lowest BCUT2D eigenvalue weighted by Gasteiger charge is -2.36. The SMILES string of the molecule is CCCC(=O)N1CCN(c2cccc3c2C(=O)N(Cc2cnn(C)c2C)C3=O)CC1. The second-order valence-corrected chi connectivity index (χ2v) is 7.89. The van der Waals surface area contributed by atoms with Crippen LogP contribution in [0.15, 0.2) is 24.4 Å². The molecule has 0 unspecified atom stereocenters. The van der Waals surface area contributed by atoms with Gasteiger partial charge in [-0.3, -0.25) is 24.0 Å². The largest absolute Gasteiger partial charge is 0.367 e. The van der Waals surface area contributed by atoms with E-state index in [1.165, 1.54) is 4.90 Å². The monoisotopic (exact) mass is 409 g/mol. The molecule has 0 radical (unpaired) electrons. The number of piperazine rings is 1. The number of carbonyl (C=O) groups excluding carboxylic acids is 3. The van der Waals surface area contributed by atoms with Gasteiger partial charge >= 0.3 is 0 Å². The van der Waals surface area contributed by atoms with Gasteiger partial charge in [0.25, 0.3) is 11.8 Å². The number of carbonyl (C=O) groups is 3. The summed E-state index contributed by atoms with van der Waals surface area (Å²) in [5.74, 6) is -0.352. The maximum absolute atomic E-state index is 13.2. The predicted molar refractivity (Wildman–Crippen MR) is 112 cm³/mol. The van der Waals surface area contributed by atoms with Crippen molar-refractivity contribution in [1.82, 2.24) is 19.6 Å². The molecule has 158 valence electrons. The molecule has 0 atom stereocenters. The van der Waals surface area contributed by atoms with E-state index >= 15 is 0 Å². The first-order valence-corrected chi connectivity index (χ1v) is 10.4. The Morgan fingerprint density at radius 1 is 1.10 bits per heavy atom. The zero-order chi connectivity index (χ0) is 21.4. The van der Waals surface area contributed by atoms with E-state index in [2.05, 4.69) is 10.00 Å². The first kappa shape index (κ1) is 20.1. The van der Waals surface area contributed by atoms with Gasteiger partial charge in [-0.05, 0) is 25.5 Å². The Morgan fingerprint density at radius 3 is 2.47 bits per heavy atom. The van der Waals surface area contributed by atoms with Crippen LogP contribution >= 0.6 is 0 Å². The number of benzene rings is 1. The molecular formula is C22H27N5O3. The topological polar surface area (TPSA) is 78.8 Å². The molecule has 0 N–H and O–H groups in total. The van der Waals surface area contributed by atoms with E-state index in [4.69, 9.17) is 0 Å². The fraction of sp³-hybridized carbons (Fsp3) is 0.455. The maximum Gasteiger partial charge on any atom is 0.263 e. The Balaban J connectivity index is 1.55. The van der Waals surface area contributed by atoms with Gasteiger partial charge < -0.3 is 9.80 Å². The fourth-order valence-corrected chi connectivity index (χ4v) is 4.16. The van der Waals surface area contributed by atoms with E-state index < -0.39 is 0 Å². The van der Waals surface area contributed by atoms with Gasteiger partial charge in [-0.1, -0.05) is 13.0 Å². The average molecular weight is 409 g/mol. The van der Waals surface area contributed by atoms with Crippen molar-refractivity contribution in [3.63, 3.8) is 0 Å². The van der Waals surface area contributed by atoms with Crippen LogP contribution in [0.3, 0.4) is 0 Å². The molecule has 3 heterocycles. The van der Waals surface area contributed by atoms with Gasteiger partial charge in [0.05, 0.1) is 29.6 Å². The molecule has 1 saturated heterocycles. The fourth-order valence-electron chi connectivity index (χ4n) is 4.16. The van der Waals surface area contributed by atoms with Crippen molar-refractivity contribution in [3.8, 4) is 0 Å². The first-order valence-electron chi connectivity index (χ1n) is 10.4. The van der Waals surface area contributed by atoms with Gasteiger partial charge in [-0.25, -0.2) is 0 Å². The zero-order valence-electron chi connectivity index (χ0n) is 17.7. The second kappa shape index (κ2) is 7.93. The molecule has 0 spiro atoms. The highest BCUT2D eigenvalue weighted by Crippen LogP contribution is 2.33. The smallest absolute Gasteiger partial charge is 0.263 e. The molecular weight excluding hydrogens is 382 g/mol. The number of anilines is 1.